The van der Waals surface area contributed by atoms with Gasteiger partial charge in [-0.2, -0.15) is 0 Å². The van der Waals surface area contributed by atoms with Gasteiger partial charge in [0.25, 0.3) is 0 Å². The van der Waals surface area contributed by atoms with E-state index in [-0.39, 0.29) is 0 Å². The number of hydrogen-bond acceptors (Lipinski definition) is 2. The second-order valence-electron chi connectivity index (χ2n) is 15.6. The first-order valence-electron chi connectivity index (χ1n) is 20.6. The SMILES string of the molecule is c1ccc(-c2cccc(N(c3ccc(-c4cccc5ccccc45)cc3)c3cc4c5ccccc5c5ccccc5c4cc3-c3cccc4oc5ccccc5c34)c2)cc1. The topological polar surface area (TPSA) is 16.4 Å². The minimum Gasteiger partial charge on any atom is -0.456 e. The van der Waals surface area contributed by atoms with Crippen LogP contribution in [-0.4, -0.2) is 0 Å². The minimum atomic E-state index is 0.875. The Morgan fingerprint density at radius 3 is 1.60 bits per heavy atom. The zero-order chi connectivity index (χ0) is 39.6. The van der Waals surface area contributed by atoms with Crippen LogP contribution in [0.25, 0.3) is 98.4 Å². The molecule has 0 amide bonds. The Morgan fingerprint density at radius 2 is 0.833 bits per heavy atom. The molecule has 2 heteroatoms. The van der Waals surface area contributed by atoms with Gasteiger partial charge in [-0.1, -0.05) is 176 Å². The Kier molecular flexibility index (Phi) is 7.89. The van der Waals surface area contributed by atoms with Crippen molar-refractivity contribution in [3.63, 3.8) is 0 Å². The highest BCUT2D eigenvalue weighted by atomic mass is 16.3. The highest BCUT2D eigenvalue weighted by molar-refractivity contribution is 6.27. The van der Waals surface area contributed by atoms with Gasteiger partial charge in [0.05, 0.1) is 5.69 Å². The van der Waals surface area contributed by atoms with Crippen LogP contribution in [0.1, 0.15) is 0 Å². The van der Waals surface area contributed by atoms with Crippen LogP contribution in [0, 0.1) is 0 Å². The number of hydrogen-bond donors (Lipinski definition) is 0. The minimum absolute atomic E-state index is 0.875. The van der Waals surface area contributed by atoms with Crippen LogP contribution >= 0.6 is 0 Å². The monoisotopic (exact) mass is 763 g/mol. The van der Waals surface area contributed by atoms with E-state index < -0.39 is 0 Å². The van der Waals surface area contributed by atoms with Crippen molar-refractivity contribution < 1.29 is 4.42 Å². The number of anilines is 3. The van der Waals surface area contributed by atoms with Crippen molar-refractivity contribution in [3.8, 4) is 33.4 Å². The van der Waals surface area contributed by atoms with Crippen LogP contribution in [0.2, 0.25) is 0 Å². The van der Waals surface area contributed by atoms with Crippen molar-refractivity contribution in [1.29, 1.82) is 0 Å². The third-order valence-electron chi connectivity index (χ3n) is 12.2. The molecule has 60 heavy (non-hydrogen) atoms. The van der Waals surface area contributed by atoms with E-state index in [0.717, 1.165) is 55.7 Å². The maximum absolute atomic E-state index is 6.54. The molecule has 0 radical (unpaired) electrons. The summed E-state index contributed by atoms with van der Waals surface area (Å²) in [6.45, 7) is 0. The van der Waals surface area contributed by atoms with Crippen molar-refractivity contribution in [2.75, 3.05) is 4.90 Å². The van der Waals surface area contributed by atoms with Gasteiger partial charge < -0.3 is 9.32 Å². The molecule has 0 bridgehead atoms. The molecule has 0 fully saturated rings. The lowest BCUT2D eigenvalue weighted by Crippen LogP contribution is -2.11. The van der Waals surface area contributed by atoms with E-state index in [0.29, 0.717) is 0 Å². The van der Waals surface area contributed by atoms with Crippen molar-refractivity contribution >= 4 is 82.1 Å². The van der Waals surface area contributed by atoms with E-state index >= 15 is 0 Å². The molecule has 2 nitrogen and oxygen atoms in total. The summed E-state index contributed by atoms with van der Waals surface area (Å²) in [5.74, 6) is 0. The van der Waals surface area contributed by atoms with E-state index in [4.69, 9.17) is 4.42 Å². The van der Waals surface area contributed by atoms with Crippen LogP contribution in [-0.2, 0) is 0 Å². The molecule has 0 aliphatic carbocycles. The van der Waals surface area contributed by atoms with Crippen molar-refractivity contribution in [3.05, 3.63) is 224 Å². The standard InChI is InChI=1S/C58H37NO/c1-2-15-38(16-3-1)41-19-12-20-43(35-41)59(42-33-31-40(32-34-42)45-27-13-18-39-17-4-5-21-44(39)45)55-37-53-49-25-9-7-23-47(49)46-22-6-8-24-48(46)52(53)36-54(55)50-28-14-30-57-58(50)51-26-10-11-29-56(51)60-57/h1-37H. The molecule has 0 aliphatic rings. The fraction of sp³-hybridized carbons (Fsp3) is 0. The molecule has 0 spiro atoms. The third kappa shape index (κ3) is 5.50. The van der Waals surface area contributed by atoms with E-state index in [1.54, 1.807) is 0 Å². The summed E-state index contributed by atoms with van der Waals surface area (Å²) in [4.78, 5) is 2.46. The molecular weight excluding hydrogens is 727 g/mol. The highest BCUT2D eigenvalue weighted by Crippen LogP contribution is 2.49. The van der Waals surface area contributed by atoms with Gasteiger partial charge in [0, 0.05) is 27.7 Å². The summed E-state index contributed by atoms with van der Waals surface area (Å²) in [7, 11) is 0. The average molecular weight is 764 g/mol. The van der Waals surface area contributed by atoms with Crippen LogP contribution in [0.4, 0.5) is 17.1 Å². The van der Waals surface area contributed by atoms with Crippen molar-refractivity contribution in [2.24, 2.45) is 0 Å². The molecule has 280 valence electrons. The largest absolute Gasteiger partial charge is 0.456 e. The maximum Gasteiger partial charge on any atom is 0.136 e. The molecule has 11 aromatic carbocycles. The van der Waals surface area contributed by atoms with E-state index in [9.17, 15) is 0 Å². The first kappa shape index (κ1) is 34.1. The molecule has 0 aliphatic heterocycles. The van der Waals surface area contributed by atoms with E-state index in [2.05, 4.69) is 223 Å². The molecule has 0 unspecified atom stereocenters. The Balaban J connectivity index is 1.19. The predicted octanol–water partition coefficient (Wildman–Crippen LogP) is 16.7. The van der Waals surface area contributed by atoms with E-state index in [1.165, 1.54) is 59.8 Å². The van der Waals surface area contributed by atoms with Crippen LogP contribution in [0.5, 0.6) is 0 Å². The predicted molar refractivity (Wildman–Crippen MR) is 255 cm³/mol. The van der Waals surface area contributed by atoms with Crippen LogP contribution in [0.3, 0.4) is 0 Å². The van der Waals surface area contributed by atoms with Crippen LogP contribution in [0.15, 0.2) is 229 Å². The van der Waals surface area contributed by atoms with Crippen LogP contribution < -0.4 is 4.90 Å². The second-order valence-corrected chi connectivity index (χ2v) is 15.6. The lowest BCUT2D eigenvalue weighted by atomic mass is 9.89. The first-order chi connectivity index (χ1) is 29.8. The van der Waals surface area contributed by atoms with E-state index in [1.807, 2.05) is 6.07 Å². The van der Waals surface area contributed by atoms with Gasteiger partial charge in [0.2, 0.25) is 0 Å². The van der Waals surface area contributed by atoms with Gasteiger partial charge in [0.1, 0.15) is 11.2 Å². The van der Waals surface area contributed by atoms with Gasteiger partial charge in [-0.05, 0) is 119 Å². The van der Waals surface area contributed by atoms with Gasteiger partial charge in [-0.3, -0.25) is 0 Å². The first-order valence-corrected chi connectivity index (χ1v) is 20.6. The molecule has 12 aromatic rings. The van der Waals surface area contributed by atoms with Crippen molar-refractivity contribution in [2.45, 2.75) is 0 Å². The molecule has 1 heterocycles. The second kappa shape index (κ2) is 13.9. The number of para-hydroxylation sites is 1. The molecule has 12 rings (SSSR count). The van der Waals surface area contributed by atoms with Gasteiger partial charge in [-0.25, -0.2) is 0 Å². The summed E-state index contributed by atoms with van der Waals surface area (Å²) < 4.78 is 6.54. The molecule has 0 atom stereocenters. The summed E-state index contributed by atoms with van der Waals surface area (Å²) in [5.41, 5.74) is 12.0. The molecule has 0 saturated heterocycles. The number of benzene rings is 11. The fourth-order valence-corrected chi connectivity index (χ4v) is 9.49. The average Bonchev–Trinajstić information content (AvgIpc) is 3.71. The Bertz CT molecular complexity index is 3590. The normalized spacial score (nSPS) is 11.7. The number of rotatable bonds is 6. The zero-order valence-corrected chi connectivity index (χ0v) is 32.7. The number of nitrogens with zero attached hydrogens (tertiary/aromatic N) is 1. The van der Waals surface area contributed by atoms with Gasteiger partial charge >= 0.3 is 0 Å². The zero-order valence-electron chi connectivity index (χ0n) is 32.7. The number of furan rings is 1. The third-order valence-corrected chi connectivity index (χ3v) is 12.2. The molecule has 0 N–H and O–H groups in total. The number of fused-ring (bicyclic) bond motifs is 10. The molecule has 0 saturated carbocycles. The summed E-state index contributed by atoms with van der Waals surface area (Å²) in [6, 6.07) is 81.4. The van der Waals surface area contributed by atoms with Crippen molar-refractivity contribution in [1.82, 2.24) is 0 Å². The Hall–Kier alpha value is -7.94. The van der Waals surface area contributed by atoms with Gasteiger partial charge in [-0.15, -0.1) is 0 Å². The fourth-order valence-electron chi connectivity index (χ4n) is 9.49. The summed E-state index contributed by atoms with van der Waals surface area (Å²) >= 11 is 0. The Labute approximate surface area is 347 Å². The lowest BCUT2D eigenvalue weighted by Gasteiger charge is -2.29. The molecule has 1 aromatic heterocycles. The quantitative estimate of drug-likeness (QED) is 0.157. The van der Waals surface area contributed by atoms with Gasteiger partial charge in [0.15, 0.2) is 0 Å². The molecular formula is C58H37NO. The highest BCUT2D eigenvalue weighted by Gasteiger charge is 2.23. The maximum atomic E-state index is 6.54. The smallest absolute Gasteiger partial charge is 0.136 e. The Morgan fingerprint density at radius 1 is 0.283 bits per heavy atom. The lowest BCUT2D eigenvalue weighted by molar-refractivity contribution is 0.669. The summed E-state index contributed by atoms with van der Waals surface area (Å²) in [6.07, 6.45) is 0. The summed E-state index contributed by atoms with van der Waals surface area (Å²) in [5, 5.41) is 12.1.